The maximum Gasteiger partial charge on any atom is 0.416 e. The Bertz CT molecular complexity index is 1670. The van der Waals surface area contributed by atoms with Gasteiger partial charge in [-0.05, 0) is 61.2 Å². The van der Waals surface area contributed by atoms with Crippen molar-refractivity contribution >= 4 is 43.9 Å². The summed E-state index contributed by atoms with van der Waals surface area (Å²) in [4.78, 5) is 30.5. The second-order valence-corrected chi connectivity index (χ2v) is 12.7. The Labute approximate surface area is 232 Å². The van der Waals surface area contributed by atoms with E-state index in [1.54, 1.807) is 11.8 Å². The molecule has 1 unspecified atom stereocenters. The van der Waals surface area contributed by atoms with Crippen molar-refractivity contribution in [2.24, 2.45) is 5.73 Å². The summed E-state index contributed by atoms with van der Waals surface area (Å²) in [6, 6.07) is 3.17. The average Bonchev–Trinajstić information content (AvgIpc) is 2.85. The van der Waals surface area contributed by atoms with Crippen LogP contribution in [-0.2, 0) is 29.1 Å². The summed E-state index contributed by atoms with van der Waals surface area (Å²) in [5.41, 5.74) is 2.91. The summed E-state index contributed by atoms with van der Waals surface area (Å²) in [5, 5.41) is -0.633. The number of sulfone groups is 1. The van der Waals surface area contributed by atoms with Gasteiger partial charge in [0, 0.05) is 24.2 Å². The van der Waals surface area contributed by atoms with Gasteiger partial charge in [0.05, 0.1) is 38.7 Å². The van der Waals surface area contributed by atoms with Crippen LogP contribution in [0.5, 0.6) is 0 Å². The first-order chi connectivity index (χ1) is 18.1. The van der Waals surface area contributed by atoms with Gasteiger partial charge in [-0.1, -0.05) is 30.1 Å². The summed E-state index contributed by atoms with van der Waals surface area (Å²) in [6.07, 6.45) is -3.37. The van der Waals surface area contributed by atoms with E-state index in [0.717, 1.165) is 6.42 Å². The summed E-state index contributed by atoms with van der Waals surface area (Å²) in [5.74, 6) is -0.251. The lowest BCUT2D eigenvalue weighted by Crippen LogP contribution is -2.42. The van der Waals surface area contributed by atoms with Crippen LogP contribution < -0.4 is 17.0 Å². The molecule has 0 amide bonds. The molecule has 3 aromatic rings. The molecule has 4 rings (SSSR count). The molecule has 0 radical (unpaired) electrons. The van der Waals surface area contributed by atoms with E-state index >= 15 is 0 Å². The molecule has 8 nitrogen and oxygen atoms in total. The molecule has 39 heavy (non-hydrogen) atoms. The van der Waals surface area contributed by atoms with E-state index in [-0.39, 0.29) is 49.9 Å². The number of rotatable bonds is 6. The molecule has 0 aliphatic carbocycles. The third-order valence-corrected chi connectivity index (χ3v) is 9.57. The fraction of sp³-hybridized carbons (Fsp3) is 0.440. The molecule has 2 heterocycles. The van der Waals surface area contributed by atoms with Crippen LogP contribution in [-0.4, -0.2) is 47.8 Å². The Morgan fingerprint density at radius 3 is 2.46 bits per heavy atom. The SMILES string of the molecule is CCS(=O)(=O)c1cc(C)c(Cl)cc1Cn1c(=O)[nH]c2c(Cl)c(CN3CCCC(N)C3)c(C(F)(F)F)cc2c1=O. The molecule has 212 valence electrons. The number of fused-ring (bicyclic) bond motifs is 1. The van der Waals surface area contributed by atoms with Crippen molar-refractivity contribution in [2.75, 3.05) is 18.8 Å². The van der Waals surface area contributed by atoms with E-state index in [0.29, 0.717) is 35.7 Å². The number of aryl methyl sites for hydroxylation is 1. The highest BCUT2D eigenvalue weighted by molar-refractivity contribution is 7.91. The van der Waals surface area contributed by atoms with Crippen molar-refractivity contribution in [1.29, 1.82) is 0 Å². The van der Waals surface area contributed by atoms with Gasteiger partial charge in [0.2, 0.25) is 0 Å². The molecule has 0 saturated carbocycles. The quantitative estimate of drug-likeness (QED) is 0.436. The van der Waals surface area contributed by atoms with Crippen molar-refractivity contribution in [1.82, 2.24) is 14.5 Å². The number of likely N-dealkylation sites (tertiary alicyclic amines) is 1. The number of aromatic nitrogens is 2. The van der Waals surface area contributed by atoms with E-state index in [2.05, 4.69) is 4.98 Å². The molecule has 1 fully saturated rings. The van der Waals surface area contributed by atoms with E-state index in [9.17, 15) is 31.2 Å². The zero-order valence-electron chi connectivity index (χ0n) is 21.2. The predicted octanol–water partition coefficient (Wildman–Crippen LogP) is 4.09. The molecule has 1 saturated heterocycles. The summed E-state index contributed by atoms with van der Waals surface area (Å²) >= 11 is 12.6. The Kier molecular flexibility index (Phi) is 8.26. The first kappa shape index (κ1) is 29.6. The maximum absolute atomic E-state index is 14.2. The van der Waals surface area contributed by atoms with Gasteiger partial charge >= 0.3 is 11.9 Å². The Balaban J connectivity index is 1.91. The third kappa shape index (κ3) is 5.90. The zero-order chi connectivity index (χ0) is 28.9. The Morgan fingerprint density at radius 2 is 1.85 bits per heavy atom. The molecule has 1 aliphatic heterocycles. The highest BCUT2D eigenvalue weighted by Crippen LogP contribution is 2.39. The van der Waals surface area contributed by atoms with Crippen molar-refractivity contribution in [3.63, 3.8) is 0 Å². The van der Waals surface area contributed by atoms with Crippen LogP contribution in [0.15, 0.2) is 32.7 Å². The van der Waals surface area contributed by atoms with Crippen LogP contribution in [0.25, 0.3) is 10.9 Å². The number of H-pyrrole nitrogens is 1. The number of nitrogens with one attached hydrogen (secondary N) is 1. The van der Waals surface area contributed by atoms with Gasteiger partial charge in [0.1, 0.15) is 0 Å². The van der Waals surface area contributed by atoms with Crippen LogP contribution in [0.4, 0.5) is 13.2 Å². The number of hydrogen-bond acceptors (Lipinski definition) is 6. The van der Waals surface area contributed by atoms with Crippen molar-refractivity contribution in [3.8, 4) is 0 Å². The molecule has 1 atom stereocenters. The van der Waals surface area contributed by atoms with E-state index in [1.165, 1.54) is 19.1 Å². The fourth-order valence-corrected chi connectivity index (χ4v) is 6.53. The Morgan fingerprint density at radius 1 is 1.15 bits per heavy atom. The lowest BCUT2D eigenvalue weighted by atomic mass is 10.0. The van der Waals surface area contributed by atoms with Gasteiger partial charge in [0.15, 0.2) is 9.84 Å². The number of alkyl halides is 3. The van der Waals surface area contributed by atoms with Crippen LogP contribution in [0, 0.1) is 6.92 Å². The van der Waals surface area contributed by atoms with Gasteiger partial charge in [-0.25, -0.2) is 13.2 Å². The number of benzene rings is 2. The van der Waals surface area contributed by atoms with E-state index < -0.39 is 44.8 Å². The molecular formula is C25H27Cl2F3N4O4S. The number of halogens is 5. The second-order valence-electron chi connectivity index (χ2n) is 9.71. The van der Waals surface area contributed by atoms with Crippen molar-refractivity contribution in [3.05, 3.63) is 71.3 Å². The first-order valence-corrected chi connectivity index (χ1v) is 14.6. The molecule has 1 aliphatic rings. The zero-order valence-corrected chi connectivity index (χ0v) is 23.5. The predicted molar refractivity (Wildman–Crippen MR) is 144 cm³/mol. The monoisotopic (exact) mass is 606 g/mol. The van der Waals surface area contributed by atoms with Crippen LogP contribution in [0.3, 0.4) is 0 Å². The van der Waals surface area contributed by atoms with Gasteiger partial charge in [-0.2, -0.15) is 13.2 Å². The standard InChI is InChI=1S/C25H27Cl2F3N4O4S/c1-3-39(37,38)20-7-13(2)19(26)8-14(20)10-34-23(35)16-9-18(25(28,29)30)17(21(27)22(16)32-24(34)36)12-33-6-4-5-15(31)11-33/h7-9,15H,3-6,10-12,31H2,1-2H3,(H,32,36). The largest absolute Gasteiger partial charge is 0.416 e. The summed E-state index contributed by atoms with van der Waals surface area (Å²) in [6.45, 7) is 3.25. The van der Waals surface area contributed by atoms with Crippen LogP contribution in [0.2, 0.25) is 10.0 Å². The summed E-state index contributed by atoms with van der Waals surface area (Å²) < 4.78 is 68.6. The number of aromatic amines is 1. The normalized spacial score (nSPS) is 17.2. The maximum atomic E-state index is 14.2. The minimum atomic E-state index is -4.84. The third-order valence-electron chi connectivity index (χ3n) is 6.93. The molecule has 0 bridgehead atoms. The number of hydrogen-bond donors (Lipinski definition) is 2. The first-order valence-electron chi connectivity index (χ1n) is 12.2. The van der Waals surface area contributed by atoms with Crippen LogP contribution >= 0.6 is 23.2 Å². The molecule has 3 N–H and O–H groups in total. The average molecular weight is 607 g/mol. The highest BCUT2D eigenvalue weighted by Gasteiger charge is 2.37. The lowest BCUT2D eigenvalue weighted by molar-refractivity contribution is -0.138. The molecule has 2 aromatic carbocycles. The molecule has 14 heteroatoms. The lowest BCUT2D eigenvalue weighted by Gasteiger charge is -2.31. The van der Waals surface area contributed by atoms with E-state index in [1.807, 2.05) is 0 Å². The smallest absolute Gasteiger partial charge is 0.327 e. The fourth-order valence-electron chi connectivity index (χ4n) is 4.84. The molecule has 0 spiro atoms. The molecule has 1 aromatic heterocycles. The van der Waals surface area contributed by atoms with E-state index in [4.69, 9.17) is 28.9 Å². The number of piperidine rings is 1. The van der Waals surface area contributed by atoms with Crippen molar-refractivity contribution < 1.29 is 21.6 Å². The highest BCUT2D eigenvalue weighted by atomic mass is 35.5. The topological polar surface area (TPSA) is 118 Å². The van der Waals surface area contributed by atoms with Gasteiger partial charge in [-0.15, -0.1) is 0 Å². The van der Waals surface area contributed by atoms with Gasteiger partial charge < -0.3 is 10.7 Å². The van der Waals surface area contributed by atoms with Gasteiger partial charge in [0.25, 0.3) is 5.56 Å². The minimum Gasteiger partial charge on any atom is -0.327 e. The van der Waals surface area contributed by atoms with Gasteiger partial charge in [-0.3, -0.25) is 14.3 Å². The number of nitrogens with two attached hydrogens (primary N) is 1. The number of nitrogens with zero attached hydrogens (tertiary/aromatic N) is 2. The van der Waals surface area contributed by atoms with Crippen molar-refractivity contribution in [2.45, 2.75) is 56.9 Å². The molecular weight excluding hydrogens is 580 g/mol. The summed E-state index contributed by atoms with van der Waals surface area (Å²) in [7, 11) is -3.78. The Hall–Kier alpha value is -2.38. The minimum absolute atomic E-state index is 0.0552. The second kappa shape index (κ2) is 10.9. The van der Waals surface area contributed by atoms with Crippen LogP contribution in [0.1, 0.15) is 42.0 Å².